The molecule has 0 aromatic heterocycles. The number of hydrogen-bond acceptors (Lipinski definition) is 2. The number of rotatable bonds is 24. The predicted molar refractivity (Wildman–Crippen MR) is 177 cm³/mol. The van der Waals surface area contributed by atoms with Gasteiger partial charge in [0.15, 0.2) is 6.29 Å². The molecule has 2 heteroatoms. The Labute approximate surface area is 252 Å². The first-order chi connectivity index (χ1) is 20.2. The molecule has 0 amide bonds. The Bertz CT molecular complexity index is 1050. The number of aryl methyl sites for hydroxylation is 1. The van der Waals surface area contributed by atoms with Crippen LogP contribution in [0.25, 0.3) is 11.1 Å². The maximum absolute atomic E-state index is 12.5. The Kier molecular flexibility index (Phi) is 16.1. The average molecular weight is 559 g/mol. The summed E-state index contributed by atoms with van der Waals surface area (Å²) in [4.78, 5) is 24.0. The van der Waals surface area contributed by atoms with Gasteiger partial charge in [-0.15, -0.1) is 0 Å². The maximum atomic E-state index is 12.5. The highest BCUT2D eigenvalue weighted by Gasteiger charge is 2.25. The fourth-order valence-corrected chi connectivity index (χ4v) is 6.82. The van der Waals surface area contributed by atoms with Crippen molar-refractivity contribution in [1.82, 2.24) is 0 Å². The van der Waals surface area contributed by atoms with Crippen molar-refractivity contribution in [3.8, 4) is 11.1 Å². The van der Waals surface area contributed by atoms with Crippen LogP contribution in [0.15, 0.2) is 24.3 Å². The fraction of sp³-hybridized carbons (Fsp3) is 0.641. The Morgan fingerprint density at radius 1 is 0.561 bits per heavy atom. The summed E-state index contributed by atoms with van der Waals surface area (Å²) >= 11 is 0. The number of aldehydes is 2. The quantitative estimate of drug-likeness (QED) is 0.0809. The Morgan fingerprint density at radius 3 is 1.59 bits per heavy atom. The first-order valence-electron chi connectivity index (χ1n) is 17.4. The predicted octanol–water partition coefficient (Wildman–Crippen LogP) is 11.8. The van der Waals surface area contributed by atoms with Gasteiger partial charge >= 0.3 is 0 Å². The summed E-state index contributed by atoms with van der Waals surface area (Å²) in [7, 11) is 0. The minimum absolute atomic E-state index is 0.744. The molecule has 0 saturated heterocycles. The molecule has 2 aromatic carbocycles. The molecule has 0 bridgehead atoms. The Morgan fingerprint density at radius 2 is 1.07 bits per heavy atom. The molecule has 41 heavy (non-hydrogen) atoms. The molecule has 1 aliphatic carbocycles. The highest BCUT2D eigenvalue weighted by atomic mass is 16.1. The minimum atomic E-state index is 0.744. The molecule has 2 nitrogen and oxygen atoms in total. The van der Waals surface area contributed by atoms with E-state index in [0.29, 0.717) is 0 Å². The topological polar surface area (TPSA) is 34.1 Å². The monoisotopic (exact) mass is 558 g/mol. The first kappa shape index (κ1) is 33.3. The van der Waals surface area contributed by atoms with Gasteiger partial charge in [0.05, 0.1) is 0 Å². The zero-order valence-corrected chi connectivity index (χ0v) is 26.5. The van der Waals surface area contributed by atoms with Crippen LogP contribution in [0, 0.1) is 0 Å². The summed E-state index contributed by atoms with van der Waals surface area (Å²) in [6.45, 7) is 4.56. The van der Waals surface area contributed by atoms with Crippen LogP contribution in [0.1, 0.15) is 185 Å². The Hall–Kier alpha value is -2.22. The lowest BCUT2D eigenvalue weighted by Crippen LogP contribution is -2.05. The largest absolute Gasteiger partial charge is 0.298 e. The van der Waals surface area contributed by atoms with E-state index in [1.165, 1.54) is 149 Å². The third-order valence-electron chi connectivity index (χ3n) is 9.30. The van der Waals surface area contributed by atoms with Gasteiger partial charge in [-0.25, -0.2) is 0 Å². The van der Waals surface area contributed by atoms with E-state index < -0.39 is 0 Å². The van der Waals surface area contributed by atoms with E-state index in [1.54, 1.807) is 0 Å². The van der Waals surface area contributed by atoms with E-state index in [4.69, 9.17) is 0 Å². The van der Waals surface area contributed by atoms with Crippen molar-refractivity contribution in [2.45, 2.75) is 162 Å². The molecule has 0 fully saturated rings. The molecular weight excluding hydrogens is 500 g/mol. The van der Waals surface area contributed by atoms with Crippen molar-refractivity contribution in [1.29, 1.82) is 0 Å². The van der Waals surface area contributed by atoms with E-state index >= 15 is 0 Å². The lowest BCUT2D eigenvalue weighted by molar-refractivity contribution is 0.111. The van der Waals surface area contributed by atoms with Crippen LogP contribution in [-0.4, -0.2) is 12.6 Å². The maximum Gasteiger partial charge on any atom is 0.150 e. The van der Waals surface area contributed by atoms with Crippen LogP contribution < -0.4 is 0 Å². The minimum Gasteiger partial charge on any atom is -0.298 e. The third kappa shape index (κ3) is 10.8. The van der Waals surface area contributed by atoms with Gasteiger partial charge in [0.25, 0.3) is 0 Å². The second kappa shape index (κ2) is 19.8. The number of unbranched alkanes of at least 4 members (excludes halogenated alkanes) is 18. The van der Waals surface area contributed by atoms with Crippen LogP contribution >= 0.6 is 0 Å². The molecule has 0 spiro atoms. The van der Waals surface area contributed by atoms with Crippen LogP contribution in [0.5, 0.6) is 0 Å². The summed E-state index contributed by atoms with van der Waals surface area (Å²) in [6.07, 6.45) is 31.5. The van der Waals surface area contributed by atoms with E-state index in [-0.39, 0.29) is 0 Å². The number of carbonyl (C=O) groups excluding carboxylic acids is 2. The fourth-order valence-electron chi connectivity index (χ4n) is 6.82. The van der Waals surface area contributed by atoms with Crippen molar-refractivity contribution in [2.24, 2.45) is 0 Å². The number of hydrogen-bond donors (Lipinski definition) is 0. The molecule has 226 valence electrons. The summed E-state index contributed by atoms with van der Waals surface area (Å²) in [5, 5.41) is 0. The number of benzene rings is 2. The molecule has 0 heterocycles. The molecule has 0 radical (unpaired) electrons. The smallest absolute Gasteiger partial charge is 0.150 e. The molecule has 0 unspecified atom stereocenters. The number of carbonyl (C=O) groups is 2. The highest BCUT2D eigenvalue weighted by molar-refractivity contribution is 5.88. The summed E-state index contributed by atoms with van der Waals surface area (Å²) in [6, 6.07) is 8.44. The van der Waals surface area contributed by atoms with Gasteiger partial charge in [0.2, 0.25) is 0 Å². The van der Waals surface area contributed by atoms with Crippen molar-refractivity contribution in [3.05, 3.63) is 57.6 Å². The molecule has 0 saturated carbocycles. The van der Waals surface area contributed by atoms with Crippen LogP contribution in [0.4, 0.5) is 0 Å². The zero-order valence-electron chi connectivity index (χ0n) is 26.5. The second-order valence-electron chi connectivity index (χ2n) is 12.6. The van der Waals surface area contributed by atoms with Gasteiger partial charge in [-0.1, -0.05) is 148 Å². The van der Waals surface area contributed by atoms with Crippen LogP contribution in [0.2, 0.25) is 0 Å². The normalized spacial score (nSPS) is 12.0. The van der Waals surface area contributed by atoms with Crippen molar-refractivity contribution < 1.29 is 9.59 Å². The van der Waals surface area contributed by atoms with Crippen molar-refractivity contribution in [2.75, 3.05) is 0 Å². The molecule has 2 aromatic rings. The van der Waals surface area contributed by atoms with E-state index in [1.807, 2.05) is 6.07 Å². The Balaban J connectivity index is 1.59. The van der Waals surface area contributed by atoms with Gasteiger partial charge in [0.1, 0.15) is 6.29 Å². The van der Waals surface area contributed by atoms with Gasteiger partial charge in [-0.3, -0.25) is 9.59 Å². The lowest BCUT2D eigenvalue weighted by atomic mass is 9.87. The van der Waals surface area contributed by atoms with Crippen molar-refractivity contribution in [3.63, 3.8) is 0 Å². The van der Waals surface area contributed by atoms with Gasteiger partial charge in [0, 0.05) is 11.1 Å². The van der Waals surface area contributed by atoms with Gasteiger partial charge < -0.3 is 0 Å². The highest BCUT2D eigenvalue weighted by Crippen LogP contribution is 2.41. The van der Waals surface area contributed by atoms with E-state index in [2.05, 4.69) is 32.0 Å². The number of fused-ring (bicyclic) bond motifs is 3. The van der Waals surface area contributed by atoms with Crippen molar-refractivity contribution >= 4 is 12.6 Å². The third-order valence-corrected chi connectivity index (χ3v) is 9.30. The zero-order chi connectivity index (χ0) is 29.1. The van der Waals surface area contributed by atoms with Gasteiger partial charge in [-0.2, -0.15) is 0 Å². The second-order valence-corrected chi connectivity index (χ2v) is 12.6. The first-order valence-corrected chi connectivity index (χ1v) is 17.4. The van der Waals surface area contributed by atoms with E-state index in [9.17, 15) is 9.59 Å². The molecule has 1 aliphatic rings. The molecule has 0 aliphatic heterocycles. The summed E-state index contributed by atoms with van der Waals surface area (Å²) in [5.41, 5.74) is 9.40. The van der Waals surface area contributed by atoms with Crippen LogP contribution in [-0.2, 0) is 19.3 Å². The standard InChI is InChI=1S/C39H58O2/c1-3-5-7-9-11-13-15-17-19-21-23-33-28-37-35-26-25-32(30-40)27-34(35)29-38(37)36(39(33)31-41)24-22-20-18-16-14-12-10-8-6-4-2/h25-28,30-31H,3-24,29H2,1-2H3. The SMILES string of the molecule is CCCCCCCCCCCCc1cc2c(c(CCCCCCCCCCCC)c1C=O)Cc1cc(C=O)ccc1-2. The summed E-state index contributed by atoms with van der Waals surface area (Å²) in [5.74, 6) is 0. The average Bonchev–Trinajstić information content (AvgIpc) is 3.36. The van der Waals surface area contributed by atoms with Gasteiger partial charge in [-0.05, 0) is 71.6 Å². The molecule has 0 N–H and O–H groups in total. The van der Waals surface area contributed by atoms with E-state index in [0.717, 1.165) is 55.8 Å². The lowest BCUT2D eigenvalue weighted by Gasteiger charge is -2.17. The molecule has 3 rings (SSSR count). The summed E-state index contributed by atoms with van der Waals surface area (Å²) < 4.78 is 0. The van der Waals surface area contributed by atoms with Crippen LogP contribution in [0.3, 0.4) is 0 Å². The molecular formula is C39H58O2. The molecule has 0 atom stereocenters.